The number of nitrogens with zero attached hydrogens (tertiary/aromatic N) is 1. The highest BCUT2D eigenvalue weighted by atomic mass is 16.5. The second-order valence-electron chi connectivity index (χ2n) is 5.92. The van der Waals surface area contributed by atoms with Gasteiger partial charge in [-0.1, -0.05) is 37.3 Å². The summed E-state index contributed by atoms with van der Waals surface area (Å²) in [5.74, 6) is 0.731. The second kappa shape index (κ2) is 6.83. The molecule has 122 valence electrons. The maximum atomic E-state index is 12.7. The molecule has 1 heterocycles. The highest BCUT2D eigenvalue weighted by Gasteiger charge is 2.14. The molecule has 24 heavy (non-hydrogen) atoms. The summed E-state index contributed by atoms with van der Waals surface area (Å²) in [6, 6.07) is 15.6. The number of benzene rings is 2. The zero-order valence-electron chi connectivity index (χ0n) is 14.3. The van der Waals surface area contributed by atoms with Crippen LogP contribution in [0.4, 0.5) is 0 Å². The number of Topliss-reactive ketones (excluding diaryl/α,β-unsaturated/α-hetero) is 1. The predicted octanol–water partition coefficient (Wildman–Crippen LogP) is 4.54. The molecule has 1 aromatic heterocycles. The van der Waals surface area contributed by atoms with Crippen LogP contribution in [0.3, 0.4) is 0 Å². The van der Waals surface area contributed by atoms with E-state index in [0.717, 1.165) is 28.6 Å². The van der Waals surface area contributed by atoms with E-state index in [9.17, 15) is 4.79 Å². The zero-order chi connectivity index (χ0) is 17.1. The minimum atomic E-state index is 0.0834. The third-order valence-electron chi connectivity index (χ3n) is 4.31. The molecule has 3 nitrogen and oxygen atoms in total. The van der Waals surface area contributed by atoms with E-state index in [2.05, 4.69) is 18.0 Å². The number of hydrogen-bond donors (Lipinski definition) is 0. The third-order valence-corrected chi connectivity index (χ3v) is 4.31. The van der Waals surface area contributed by atoms with Crippen molar-refractivity contribution >= 4 is 16.7 Å². The van der Waals surface area contributed by atoms with Crippen molar-refractivity contribution in [3.05, 3.63) is 70.9 Å². The Labute approximate surface area is 142 Å². The molecule has 0 fully saturated rings. The SMILES string of the molecule is CCc1cc2cc(C(=O)Cc3ccccc3)cc(OC)c2nc1C. The van der Waals surface area contributed by atoms with Crippen LogP contribution in [-0.2, 0) is 12.8 Å². The molecular formula is C21H21NO2. The lowest BCUT2D eigenvalue weighted by Gasteiger charge is -2.11. The maximum absolute atomic E-state index is 12.7. The van der Waals surface area contributed by atoms with E-state index in [1.54, 1.807) is 13.2 Å². The Morgan fingerprint density at radius 1 is 1.12 bits per heavy atom. The van der Waals surface area contributed by atoms with Gasteiger partial charge in [-0.2, -0.15) is 0 Å². The van der Waals surface area contributed by atoms with Crippen LogP contribution in [0, 0.1) is 6.92 Å². The molecule has 0 radical (unpaired) electrons. The number of ketones is 1. The zero-order valence-corrected chi connectivity index (χ0v) is 14.3. The van der Waals surface area contributed by atoms with Gasteiger partial charge in [0.15, 0.2) is 5.78 Å². The van der Waals surface area contributed by atoms with Gasteiger partial charge in [0.1, 0.15) is 11.3 Å². The van der Waals surface area contributed by atoms with Crippen molar-refractivity contribution in [2.75, 3.05) is 7.11 Å². The Balaban J connectivity index is 2.05. The summed E-state index contributed by atoms with van der Waals surface area (Å²) >= 11 is 0. The fourth-order valence-electron chi connectivity index (χ4n) is 2.95. The average molecular weight is 319 g/mol. The molecule has 0 N–H and O–H groups in total. The monoisotopic (exact) mass is 319 g/mol. The molecule has 0 aliphatic heterocycles. The molecule has 0 bridgehead atoms. The minimum Gasteiger partial charge on any atom is -0.494 e. The lowest BCUT2D eigenvalue weighted by atomic mass is 9.99. The summed E-state index contributed by atoms with van der Waals surface area (Å²) in [5.41, 5.74) is 4.68. The maximum Gasteiger partial charge on any atom is 0.167 e. The molecule has 0 aliphatic rings. The summed E-state index contributed by atoms with van der Waals surface area (Å²) in [5, 5.41) is 0.952. The first-order valence-electron chi connectivity index (χ1n) is 8.17. The van der Waals surface area contributed by atoms with Crippen LogP contribution in [0.15, 0.2) is 48.5 Å². The van der Waals surface area contributed by atoms with Gasteiger partial charge in [-0.05, 0) is 42.7 Å². The molecule has 0 aliphatic carbocycles. The van der Waals surface area contributed by atoms with Crippen LogP contribution in [0.5, 0.6) is 5.75 Å². The smallest absolute Gasteiger partial charge is 0.167 e. The number of aromatic nitrogens is 1. The molecule has 0 saturated carbocycles. The fourth-order valence-corrected chi connectivity index (χ4v) is 2.95. The van der Waals surface area contributed by atoms with E-state index >= 15 is 0 Å². The van der Waals surface area contributed by atoms with Crippen molar-refractivity contribution in [1.29, 1.82) is 0 Å². The van der Waals surface area contributed by atoms with Gasteiger partial charge in [-0.15, -0.1) is 0 Å². The minimum absolute atomic E-state index is 0.0834. The van der Waals surface area contributed by atoms with E-state index < -0.39 is 0 Å². The van der Waals surface area contributed by atoms with Gasteiger partial charge >= 0.3 is 0 Å². The largest absolute Gasteiger partial charge is 0.494 e. The van der Waals surface area contributed by atoms with E-state index in [4.69, 9.17) is 4.74 Å². The summed E-state index contributed by atoms with van der Waals surface area (Å²) in [6.07, 6.45) is 1.30. The number of ether oxygens (including phenoxy) is 1. The van der Waals surface area contributed by atoms with Crippen molar-refractivity contribution in [3.8, 4) is 5.75 Å². The molecule has 0 atom stereocenters. The van der Waals surface area contributed by atoms with E-state index in [1.807, 2.05) is 43.3 Å². The number of carbonyl (C=O) groups excluding carboxylic acids is 1. The van der Waals surface area contributed by atoms with Crippen LogP contribution in [0.2, 0.25) is 0 Å². The van der Waals surface area contributed by atoms with Gasteiger partial charge in [0, 0.05) is 23.1 Å². The third kappa shape index (κ3) is 3.16. The van der Waals surface area contributed by atoms with E-state index in [-0.39, 0.29) is 5.78 Å². The molecule has 0 amide bonds. The van der Waals surface area contributed by atoms with Crippen molar-refractivity contribution < 1.29 is 9.53 Å². The van der Waals surface area contributed by atoms with E-state index in [0.29, 0.717) is 17.7 Å². The number of pyridine rings is 1. The topological polar surface area (TPSA) is 39.2 Å². The van der Waals surface area contributed by atoms with Gasteiger partial charge < -0.3 is 4.74 Å². The highest BCUT2D eigenvalue weighted by molar-refractivity contribution is 6.02. The van der Waals surface area contributed by atoms with Gasteiger partial charge in [0.25, 0.3) is 0 Å². The molecule has 0 saturated heterocycles. The van der Waals surface area contributed by atoms with Crippen LogP contribution in [0.1, 0.15) is 34.1 Å². The number of fused-ring (bicyclic) bond motifs is 1. The lowest BCUT2D eigenvalue weighted by molar-refractivity contribution is 0.0993. The molecular weight excluding hydrogens is 298 g/mol. The Bertz CT molecular complexity index is 885. The first-order valence-corrected chi connectivity index (χ1v) is 8.17. The Hall–Kier alpha value is -2.68. The van der Waals surface area contributed by atoms with Crippen molar-refractivity contribution in [2.24, 2.45) is 0 Å². The Kier molecular flexibility index (Phi) is 4.61. The standard InChI is InChI=1S/C21H21NO2/c1-4-16-11-18-12-17(13-20(24-3)21(18)22-14(16)2)19(23)10-15-8-6-5-7-9-15/h5-9,11-13H,4,10H2,1-3H3. The van der Waals surface area contributed by atoms with Gasteiger partial charge in [-0.3, -0.25) is 4.79 Å². The summed E-state index contributed by atoms with van der Waals surface area (Å²) in [7, 11) is 1.62. The van der Waals surface area contributed by atoms with Gasteiger partial charge in [0.05, 0.1) is 7.11 Å². The Morgan fingerprint density at radius 2 is 1.88 bits per heavy atom. The fraction of sp³-hybridized carbons (Fsp3) is 0.238. The van der Waals surface area contributed by atoms with Crippen molar-refractivity contribution in [1.82, 2.24) is 4.98 Å². The van der Waals surface area contributed by atoms with Crippen LogP contribution < -0.4 is 4.74 Å². The van der Waals surface area contributed by atoms with Gasteiger partial charge in [0.2, 0.25) is 0 Å². The average Bonchev–Trinajstić information content (AvgIpc) is 2.61. The van der Waals surface area contributed by atoms with Gasteiger partial charge in [-0.25, -0.2) is 4.98 Å². The molecule has 3 rings (SSSR count). The summed E-state index contributed by atoms with van der Waals surface area (Å²) in [4.78, 5) is 17.3. The predicted molar refractivity (Wildman–Crippen MR) is 96.9 cm³/mol. The number of rotatable bonds is 5. The van der Waals surface area contributed by atoms with E-state index in [1.165, 1.54) is 5.56 Å². The van der Waals surface area contributed by atoms with Crippen LogP contribution >= 0.6 is 0 Å². The first kappa shape index (κ1) is 16.2. The Morgan fingerprint density at radius 3 is 2.54 bits per heavy atom. The molecule has 2 aromatic carbocycles. The molecule has 3 aromatic rings. The van der Waals surface area contributed by atoms with Crippen LogP contribution in [-0.4, -0.2) is 17.9 Å². The lowest BCUT2D eigenvalue weighted by Crippen LogP contribution is -2.05. The number of aryl methyl sites for hydroxylation is 2. The normalized spacial score (nSPS) is 10.8. The number of methoxy groups -OCH3 is 1. The van der Waals surface area contributed by atoms with Crippen LogP contribution in [0.25, 0.3) is 10.9 Å². The molecule has 0 unspecified atom stereocenters. The molecule has 3 heteroatoms. The highest BCUT2D eigenvalue weighted by Crippen LogP contribution is 2.28. The summed E-state index contributed by atoms with van der Waals surface area (Å²) in [6.45, 7) is 4.11. The second-order valence-corrected chi connectivity index (χ2v) is 5.92. The summed E-state index contributed by atoms with van der Waals surface area (Å²) < 4.78 is 5.48. The number of carbonyl (C=O) groups is 1. The van der Waals surface area contributed by atoms with Crippen molar-refractivity contribution in [3.63, 3.8) is 0 Å². The quantitative estimate of drug-likeness (QED) is 0.648. The molecule has 0 spiro atoms. The first-order chi connectivity index (χ1) is 11.6. The van der Waals surface area contributed by atoms with Crippen molar-refractivity contribution in [2.45, 2.75) is 26.7 Å². The number of hydrogen-bond acceptors (Lipinski definition) is 3.